The molecule has 1 amide bonds. The number of likely N-dealkylation sites (tertiary alicyclic amines) is 1. The number of carbonyl (C=O) groups excluding carboxylic acids is 2. The van der Waals surface area contributed by atoms with E-state index in [-0.39, 0.29) is 11.9 Å². The Balaban J connectivity index is 1.67. The van der Waals surface area contributed by atoms with Crippen LogP contribution in [0.5, 0.6) is 5.75 Å². The lowest BCUT2D eigenvalue weighted by atomic mass is 10.1. The Bertz CT molecular complexity index is 498. The van der Waals surface area contributed by atoms with Crippen molar-refractivity contribution in [2.24, 2.45) is 0 Å². The fourth-order valence-corrected chi connectivity index (χ4v) is 2.40. The van der Waals surface area contributed by atoms with Crippen molar-refractivity contribution in [2.75, 3.05) is 13.1 Å². The second kappa shape index (κ2) is 5.03. The van der Waals surface area contributed by atoms with Gasteiger partial charge in [0.05, 0.1) is 0 Å². The van der Waals surface area contributed by atoms with Crippen LogP contribution in [0, 0.1) is 0 Å². The summed E-state index contributed by atoms with van der Waals surface area (Å²) >= 11 is 0. The van der Waals surface area contributed by atoms with Gasteiger partial charge in [0.15, 0.2) is 0 Å². The summed E-state index contributed by atoms with van der Waals surface area (Å²) in [7, 11) is 0. The summed E-state index contributed by atoms with van der Waals surface area (Å²) in [6.45, 7) is 0.951. The molecule has 0 bridgehead atoms. The van der Waals surface area contributed by atoms with Gasteiger partial charge in [-0.25, -0.2) is 4.79 Å². The minimum absolute atomic E-state index is 0.224. The average Bonchev–Trinajstić information content (AvgIpc) is 3.24. The number of hydrogen-bond donors (Lipinski definition) is 0. The summed E-state index contributed by atoms with van der Waals surface area (Å²) in [6.07, 6.45) is 2.90. The van der Waals surface area contributed by atoms with Gasteiger partial charge in [0, 0.05) is 25.9 Å². The van der Waals surface area contributed by atoms with E-state index in [0.717, 1.165) is 5.56 Å². The van der Waals surface area contributed by atoms with Gasteiger partial charge in [-0.15, -0.1) is 0 Å². The number of nitrogens with zero attached hydrogens (tertiary/aromatic N) is 1. The average molecular weight is 259 g/mol. The lowest BCUT2D eigenvalue weighted by Crippen LogP contribution is -2.40. The number of ketones is 1. The van der Waals surface area contributed by atoms with Crippen molar-refractivity contribution >= 4 is 11.9 Å². The maximum Gasteiger partial charge on any atom is 0.415 e. The van der Waals surface area contributed by atoms with Crippen LogP contribution in [0.4, 0.5) is 4.79 Å². The minimum atomic E-state index is -0.333. The van der Waals surface area contributed by atoms with Crippen LogP contribution in [0.2, 0.25) is 0 Å². The molecule has 0 aromatic heterocycles. The van der Waals surface area contributed by atoms with Gasteiger partial charge in [-0.05, 0) is 30.4 Å². The van der Waals surface area contributed by atoms with Crippen LogP contribution in [-0.2, 0) is 4.79 Å². The predicted molar refractivity (Wildman–Crippen MR) is 70.3 cm³/mol. The monoisotopic (exact) mass is 259 g/mol. The van der Waals surface area contributed by atoms with Gasteiger partial charge in [0.1, 0.15) is 11.5 Å². The van der Waals surface area contributed by atoms with Crippen molar-refractivity contribution in [3.8, 4) is 5.75 Å². The van der Waals surface area contributed by atoms with Crippen molar-refractivity contribution < 1.29 is 14.3 Å². The van der Waals surface area contributed by atoms with Gasteiger partial charge in [0.25, 0.3) is 0 Å². The number of para-hydroxylation sites is 1. The zero-order chi connectivity index (χ0) is 13.2. The molecule has 1 aliphatic heterocycles. The van der Waals surface area contributed by atoms with Gasteiger partial charge in [-0.2, -0.15) is 0 Å². The van der Waals surface area contributed by atoms with E-state index in [4.69, 9.17) is 4.74 Å². The highest BCUT2D eigenvalue weighted by Crippen LogP contribution is 2.44. The summed E-state index contributed by atoms with van der Waals surface area (Å²) in [6, 6.07) is 7.74. The van der Waals surface area contributed by atoms with E-state index in [2.05, 4.69) is 0 Å². The van der Waals surface area contributed by atoms with E-state index in [9.17, 15) is 9.59 Å². The van der Waals surface area contributed by atoms with Crippen LogP contribution < -0.4 is 4.74 Å². The standard InChI is InChI=1S/C15H17NO3/c17-12-7-9-16(10-8-12)15(18)19-14-4-2-1-3-13(14)11-5-6-11/h1-4,11H,5-10H2. The second-order valence-corrected chi connectivity index (χ2v) is 5.21. The number of Topliss-reactive ketones (excluding diaryl/α,β-unsaturated/α-hetero) is 1. The molecule has 1 aliphatic carbocycles. The molecule has 100 valence electrons. The maximum absolute atomic E-state index is 12.1. The van der Waals surface area contributed by atoms with Crippen LogP contribution in [0.25, 0.3) is 0 Å². The first kappa shape index (κ1) is 12.2. The van der Waals surface area contributed by atoms with Crippen LogP contribution in [0.15, 0.2) is 24.3 Å². The molecule has 1 saturated heterocycles. The first-order valence-electron chi connectivity index (χ1n) is 6.81. The van der Waals surface area contributed by atoms with Gasteiger partial charge in [0.2, 0.25) is 0 Å². The molecule has 3 rings (SSSR count). The molecule has 1 saturated carbocycles. The Hall–Kier alpha value is -1.84. The molecule has 2 aliphatic rings. The molecular formula is C15H17NO3. The predicted octanol–water partition coefficient (Wildman–Crippen LogP) is 2.73. The van der Waals surface area contributed by atoms with Crippen LogP contribution in [0.1, 0.15) is 37.2 Å². The summed E-state index contributed by atoms with van der Waals surface area (Å²) in [5.41, 5.74) is 1.13. The van der Waals surface area contributed by atoms with Crippen molar-refractivity contribution in [3.63, 3.8) is 0 Å². The highest BCUT2D eigenvalue weighted by atomic mass is 16.6. The zero-order valence-electron chi connectivity index (χ0n) is 10.8. The molecule has 0 spiro atoms. The second-order valence-electron chi connectivity index (χ2n) is 5.21. The van der Waals surface area contributed by atoms with Gasteiger partial charge in [-0.1, -0.05) is 18.2 Å². The number of benzene rings is 1. The SMILES string of the molecule is O=C1CCN(C(=O)Oc2ccccc2C2CC2)CC1. The van der Waals surface area contributed by atoms with E-state index in [1.165, 1.54) is 12.8 Å². The van der Waals surface area contributed by atoms with Gasteiger partial charge in [-0.3, -0.25) is 4.79 Å². The largest absolute Gasteiger partial charge is 0.415 e. The summed E-state index contributed by atoms with van der Waals surface area (Å²) in [4.78, 5) is 24.8. The molecule has 2 fully saturated rings. The van der Waals surface area contributed by atoms with Crippen molar-refractivity contribution in [1.82, 2.24) is 4.90 Å². The highest BCUT2D eigenvalue weighted by molar-refractivity contribution is 5.82. The molecule has 0 unspecified atom stereocenters. The highest BCUT2D eigenvalue weighted by Gasteiger charge is 2.28. The Morgan fingerprint density at radius 3 is 2.53 bits per heavy atom. The zero-order valence-corrected chi connectivity index (χ0v) is 10.8. The normalized spacial score (nSPS) is 19.4. The van der Waals surface area contributed by atoms with Crippen LogP contribution in [-0.4, -0.2) is 29.9 Å². The van der Waals surface area contributed by atoms with E-state index >= 15 is 0 Å². The fourth-order valence-electron chi connectivity index (χ4n) is 2.40. The van der Waals surface area contributed by atoms with Crippen molar-refractivity contribution in [3.05, 3.63) is 29.8 Å². The Labute approximate surface area is 112 Å². The number of amides is 1. The van der Waals surface area contributed by atoms with Crippen LogP contribution >= 0.6 is 0 Å². The Kier molecular flexibility index (Phi) is 3.23. The molecule has 0 radical (unpaired) electrons. The van der Waals surface area contributed by atoms with Gasteiger partial charge >= 0.3 is 6.09 Å². The van der Waals surface area contributed by atoms with E-state index in [1.54, 1.807) is 4.90 Å². The third kappa shape index (κ3) is 2.78. The molecule has 0 atom stereocenters. The molecule has 4 heteroatoms. The summed E-state index contributed by atoms with van der Waals surface area (Å²) in [5.74, 6) is 1.45. The minimum Gasteiger partial charge on any atom is -0.410 e. The lowest BCUT2D eigenvalue weighted by Gasteiger charge is -2.25. The maximum atomic E-state index is 12.1. The molecule has 0 N–H and O–H groups in total. The summed E-state index contributed by atoms with van der Waals surface area (Å²) < 4.78 is 5.50. The molecule has 1 heterocycles. The first-order chi connectivity index (χ1) is 9.24. The molecular weight excluding hydrogens is 242 g/mol. The van der Waals surface area contributed by atoms with Crippen molar-refractivity contribution in [2.45, 2.75) is 31.6 Å². The quantitative estimate of drug-likeness (QED) is 0.820. The Morgan fingerprint density at radius 2 is 1.84 bits per heavy atom. The molecule has 19 heavy (non-hydrogen) atoms. The van der Waals surface area contributed by atoms with E-state index < -0.39 is 0 Å². The summed E-state index contributed by atoms with van der Waals surface area (Å²) in [5, 5.41) is 0. The lowest BCUT2D eigenvalue weighted by molar-refractivity contribution is -0.121. The fraction of sp³-hybridized carbons (Fsp3) is 0.467. The third-order valence-corrected chi connectivity index (χ3v) is 3.71. The Morgan fingerprint density at radius 1 is 1.16 bits per heavy atom. The number of carbonyl (C=O) groups is 2. The number of piperidine rings is 1. The third-order valence-electron chi connectivity index (χ3n) is 3.71. The number of hydrogen-bond acceptors (Lipinski definition) is 3. The van der Waals surface area contributed by atoms with Crippen LogP contribution in [0.3, 0.4) is 0 Å². The number of ether oxygens (including phenoxy) is 1. The number of rotatable bonds is 2. The van der Waals surface area contributed by atoms with Crippen molar-refractivity contribution in [1.29, 1.82) is 0 Å². The topological polar surface area (TPSA) is 46.6 Å². The smallest absolute Gasteiger partial charge is 0.410 e. The van der Waals surface area contributed by atoms with E-state index in [0.29, 0.717) is 37.6 Å². The van der Waals surface area contributed by atoms with Gasteiger partial charge < -0.3 is 9.64 Å². The molecule has 4 nitrogen and oxygen atoms in total. The molecule has 1 aromatic rings. The van der Waals surface area contributed by atoms with E-state index in [1.807, 2.05) is 24.3 Å². The first-order valence-corrected chi connectivity index (χ1v) is 6.81. The molecule has 1 aromatic carbocycles.